The van der Waals surface area contributed by atoms with Crippen LogP contribution in [0.3, 0.4) is 0 Å². The van der Waals surface area contributed by atoms with Gasteiger partial charge in [0.25, 0.3) is 0 Å². The van der Waals surface area contributed by atoms with E-state index in [1.165, 1.54) is 40.3 Å². The first-order valence-electron chi connectivity index (χ1n) is 7.05. The Morgan fingerprint density at radius 3 is 2.80 bits per heavy atom. The lowest BCUT2D eigenvalue weighted by Crippen LogP contribution is -2.02. The van der Waals surface area contributed by atoms with E-state index in [9.17, 15) is 0 Å². The number of hydrogen-bond acceptors (Lipinski definition) is 3. The van der Waals surface area contributed by atoms with Gasteiger partial charge in [-0.15, -0.1) is 11.3 Å². The smallest absolute Gasteiger partial charge is 0.0945 e. The highest BCUT2D eigenvalue weighted by Gasteiger charge is 2.17. The predicted molar refractivity (Wildman–Crippen MR) is 85.2 cm³/mol. The first-order valence-corrected chi connectivity index (χ1v) is 7.93. The first kappa shape index (κ1) is 12.1. The number of rotatable bonds is 3. The summed E-state index contributed by atoms with van der Waals surface area (Å²) in [6, 6.07) is 11.2. The highest BCUT2D eigenvalue weighted by atomic mass is 32.1. The minimum absolute atomic E-state index is 0.663. The molecule has 100 valence electrons. The van der Waals surface area contributed by atoms with Gasteiger partial charge >= 0.3 is 0 Å². The zero-order valence-electron chi connectivity index (χ0n) is 11.2. The van der Waals surface area contributed by atoms with Crippen molar-refractivity contribution in [3.05, 3.63) is 51.8 Å². The number of benzene rings is 2. The van der Waals surface area contributed by atoms with Crippen molar-refractivity contribution < 1.29 is 0 Å². The molecule has 3 heteroatoms. The summed E-state index contributed by atoms with van der Waals surface area (Å²) in [6.07, 6.45) is 3.21. The molecule has 0 unspecified atom stereocenters. The molecule has 0 saturated heterocycles. The van der Waals surface area contributed by atoms with Gasteiger partial charge < -0.3 is 5.73 Å². The Kier molecular flexibility index (Phi) is 2.83. The van der Waals surface area contributed by atoms with Gasteiger partial charge in [-0.1, -0.05) is 30.3 Å². The van der Waals surface area contributed by atoms with Crippen molar-refractivity contribution in [2.45, 2.75) is 19.3 Å². The van der Waals surface area contributed by atoms with Crippen molar-refractivity contribution in [3.8, 4) is 11.3 Å². The van der Waals surface area contributed by atoms with Crippen LogP contribution >= 0.6 is 11.3 Å². The molecule has 3 aromatic rings. The van der Waals surface area contributed by atoms with E-state index in [-0.39, 0.29) is 0 Å². The molecule has 0 fully saturated rings. The van der Waals surface area contributed by atoms with Crippen LogP contribution in [0.25, 0.3) is 22.0 Å². The van der Waals surface area contributed by atoms with Crippen LogP contribution in [0, 0.1) is 0 Å². The molecule has 20 heavy (non-hydrogen) atoms. The molecular weight excluding hydrogens is 264 g/mol. The SMILES string of the molecule is NCCc1nc(-c2ccc3c4c(cccc24)CC3)cs1. The van der Waals surface area contributed by atoms with E-state index in [1.54, 1.807) is 11.3 Å². The fourth-order valence-electron chi connectivity index (χ4n) is 3.14. The average Bonchev–Trinajstić information content (AvgIpc) is 3.09. The Labute approximate surface area is 122 Å². The van der Waals surface area contributed by atoms with Crippen molar-refractivity contribution in [2.75, 3.05) is 6.54 Å². The van der Waals surface area contributed by atoms with Crippen LogP contribution in [0.2, 0.25) is 0 Å². The molecular formula is C17H16N2S. The van der Waals surface area contributed by atoms with Gasteiger partial charge in [0.15, 0.2) is 0 Å². The normalized spacial score (nSPS) is 13.2. The van der Waals surface area contributed by atoms with Gasteiger partial charge in [0, 0.05) is 17.4 Å². The molecule has 0 saturated carbocycles. The van der Waals surface area contributed by atoms with Gasteiger partial charge in [-0.3, -0.25) is 0 Å². The summed E-state index contributed by atoms with van der Waals surface area (Å²) < 4.78 is 0. The summed E-state index contributed by atoms with van der Waals surface area (Å²) in [5.41, 5.74) is 10.9. The highest BCUT2D eigenvalue weighted by molar-refractivity contribution is 7.10. The molecule has 2 aromatic carbocycles. The topological polar surface area (TPSA) is 38.9 Å². The Hall–Kier alpha value is -1.71. The summed E-state index contributed by atoms with van der Waals surface area (Å²) in [5, 5.41) is 6.09. The fraction of sp³-hybridized carbons (Fsp3) is 0.235. The van der Waals surface area contributed by atoms with Crippen LogP contribution < -0.4 is 5.73 Å². The second-order valence-corrected chi connectivity index (χ2v) is 6.22. The molecule has 1 heterocycles. The van der Waals surface area contributed by atoms with E-state index < -0.39 is 0 Å². The van der Waals surface area contributed by atoms with Crippen LogP contribution in [0.1, 0.15) is 16.1 Å². The monoisotopic (exact) mass is 280 g/mol. The Balaban J connectivity index is 1.92. The number of thiazole rings is 1. The summed E-state index contributed by atoms with van der Waals surface area (Å²) in [5.74, 6) is 0. The maximum Gasteiger partial charge on any atom is 0.0945 e. The van der Waals surface area contributed by atoms with Gasteiger partial charge in [-0.25, -0.2) is 4.98 Å². The van der Waals surface area contributed by atoms with Crippen molar-refractivity contribution in [3.63, 3.8) is 0 Å². The number of hydrogen-bond donors (Lipinski definition) is 1. The Morgan fingerprint density at radius 1 is 1.10 bits per heavy atom. The van der Waals surface area contributed by atoms with Crippen LogP contribution in [0.15, 0.2) is 35.7 Å². The van der Waals surface area contributed by atoms with Gasteiger partial charge in [0.2, 0.25) is 0 Å². The fourth-order valence-corrected chi connectivity index (χ4v) is 3.96. The van der Waals surface area contributed by atoms with E-state index in [0.29, 0.717) is 6.54 Å². The summed E-state index contributed by atoms with van der Waals surface area (Å²) in [7, 11) is 0. The molecule has 0 aliphatic heterocycles. The summed E-state index contributed by atoms with van der Waals surface area (Å²) in [4.78, 5) is 4.74. The molecule has 4 rings (SSSR count). The standard InChI is InChI=1S/C17H16N2S/c18-9-8-16-19-15(10-20-16)13-7-6-12-5-4-11-2-1-3-14(13)17(11)12/h1-3,6-7,10H,4-5,8-9,18H2. The van der Waals surface area contributed by atoms with Gasteiger partial charge in [0.1, 0.15) is 0 Å². The molecule has 0 radical (unpaired) electrons. The van der Waals surface area contributed by atoms with Gasteiger partial charge in [-0.2, -0.15) is 0 Å². The van der Waals surface area contributed by atoms with Crippen molar-refractivity contribution in [2.24, 2.45) is 5.73 Å². The highest BCUT2D eigenvalue weighted by Crippen LogP contribution is 2.37. The molecule has 0 bridgehead atoms. The van der Waals surface area contributed by atoms with E-state index in [4.69, 9.17) is 10.7 Å². The van der Waals surface area contributed by atoms with Crippen molar-refractivity contribution in [1.29, 1.82) is 0 Å². The molecule has 1 aromatic heterocycles. The third-order valence-electron chi connectivity index (χ3n) is 4.06. The summed E-state index contributed by atoms with van der Waals surface area (Å²) >= 11 is 1.71. The minimum Gasteiger partial charge on any atom is -0.330 e. The molecule has 1 aliphatic carbocycles. The van der Waals surface area contributed by atoms with E-state index in [1.807, 2.05) is 0 Å². The lowest BCUT2D eigenvalue weighted by atomic mass is 9.98. The Morgan fingerprint density at radius 2 is 1.95 bits per heavy atom. The predicted octanol–water partition coefficient (Wildman–Crippen LogP) is 3.56. The average molecular weight is 280 g/mol. The molecule has 0 amide bonds. The largest absolute Gasteiger partial charge is 0.330 e. The van der Waals surface area contributed by atoms with Crippen LogP contribution in [0.5, 0.6) is 0 Å². The van der Waals surface area contributed by atoms with E-state index in [2.05, 4.69) is 35.7 Å². The second kappa shape index (κ2) is 4.69. The zero-order chi connectivity index (χ0) is 13.5. The van der Waals surface area contributed by atoms with Crippen LogP contribution in [0.4, 0.5) is 0 Å². The first-order chi connectivity index (χ1) is 9.86. The van der Waals surface area contributed by atoms with E-state index in [0.717, 1.165) is 17.1 Å². The number of nitrogens with two attached hydrogens (primary N) is 1. The Bertz CT molecular complexity index is 779. The quantitative estimate of drug-likeness (QED) is 0.796. The van der Waals surface area contributed by atoms with Crippen molar-refractivity contribution in [1.82, 2.24) is 4.98 Å². The minimum atomic E-state index is 0.663. The number of aromatic nitrogens is 1. The molecule has 2 N–H and O–H groups in total. The van der Waals surface area contributed by atoms with E-state index >= 15 is 0 Å². The maximum atomic E-state index is 5.61. The third kappa shape index (κ3) is 1.78. The lowest BCUT2D eigenvalue weighted by molar-refractivity contribution is 0.954. The molecule has 0 atom stereocenters. The molecule has 1 aliphatic rings. The van der Waals surface area contributed by atoms with Crippen LogP contribution in [-0.2, 0) is 19.3 Å². The summed E-state index contributed by atoms with van der Waals surface area (Å²) in [6.45, 7) is 0.663. The lowest BCUT2D eigenvalue weighted by Gasteiger charge is -2.07. The van der Waals surface area contributed by atoms with Gasteiger partial charge in [-0.05, 0) is 41.3 Å². The maximum absolute atomic E-state index is 5.61. The second-order valence-electron chi connectivity index (χ2n) is 5.28. The number of aryl methyl sites for hydroxylation is 2. The number of nitrogens with zero attached hydrogens (tertiary/aromatic N) is 1. The van der Waals surface area contributed by atoms with Gasteiger partial charge in [0.05, 0.1) is 10.7 Å². The zero-order valence-corrected chi connectivity index (χ0v) is 12.0. The molecule has 2 nitrogen and oxygen atoms in total. The van der Waals surface area contributed by atoms with Crippen LogP contribution in [-0.4, -0.2) is 11.5 Å². The third-order valence-corrected chi connectivity index (χ3v) is 4.97. The van der Waals surface area contributed by atoms with Crippen molar-refractivity contribution >= 4 is 22.1 Å². The molecule has 0 spiro atoms.